The largest absolute Gasteiger partial charge is 0.382 e. The number of hydrogen-bond donors (Lipinski definition) is 1. The van der Waals surface area contributed by atoms with Crippen molar-refractivity contribution in [2.75, 3.05) is 6.54 Å². The lowest BCUT2D eigenvalue weighted by molar-refractivity contribution is 0.561. The van der Waals surface area contributed by atoms with Gasteiger partial charge in [-0.15, -0.1) is 12.8 Å². The number of benzene rings is 1. The highest BCUT2D eigenvalue weighted by Crippen LogP contribution is 2.26. The van der Waals surface area contributed by atoms with Gasteiger partial charge in [0.2, 0.25) is 0 Å². The number of hydrogen-bond acceptors (Lipinski definition) is 3. The Morgan fingerprint density at radius 2 is 1.56 bits per heavy atom. The minimum atomic E-state index is 0.484. The molecule has 182 valence electrons. The van der Waals surface area contributed by atoms with E-state index in [0.717, 1.165) is 29.4 Å². The Balaban J connectivity index is 0.000000320. The molecule has 2 aromatic heterocycles. The number of rotatable bonds is 9. The van der Waals surface area contributed by atoms with E-state index >= 15 is 0 Å². The SMILES string of the molecule is C#C.CCCC(CCC)c1ccc(CC)cc1.CCN=C(N)c1ncn(-c2ccncc2)c1C. The van der Waals surface area contributed by atoms with Crippen molar-refractivity contribution >= 4 is 5.84 Å². The topological polar surface area (TPSA) is 69.1 Å². The van der Waals surface area contributed by atoms with Crippen LogP contribution in [0.5, 0.6) is 0 Å². The lowest BCUT2D eigenvalue weighted by Gasteiger charge is -2.15. The van der Waals surface area contributed by atoms with E-state index in [9.17, 15) is 0 Å². The third kappa shape index (κ3) is 8.51. The molecule has 0 saturated carbocycles. The molecule has 5 nitrogen and oxygen atoms in total. The number of aromatic nitrogens is 3. The summed E-state index contributed by atoms with van der Waals surface area (Å²) < 4.78 is 1.97. The second-order valence-electron chi connectivity index (χ2n) is 7.98. The summed E-state index contributed by atoms with van der Waals surface area (Å²) in [6.45, 7) is 11.4. The molecular formula is C29H41N5. The first kappa shape index (κ1) is 28.6. The maximum absolute atomic E-state index is 5.86. The van der Waals surface area contributed by atoms with Gasteiger partial charge in [0.25, 0.3) is 0 Å². The Morgan fingerprint density at radius 1 is 0.971 bits per heavy atom. The number of imidazole rings is 1. The van der Waals surface area contributed by atoms with Crippen LogP contribution in [0.1, 0.15) is 81.8 Å². The summed E-state index contributed by atoms with van der Waals surface area (Å²) in [4.78, 5) is 12.5. The van der Waals surface area contributed by atoms with E-state index < -0.39 is 0 Å². The molecule has 0 bridgehead atoms. The molecule has 0 spiro atoms. The smallest absolute Gasteiger partial charge is 0.146 e. The van der Waals surface area contributed by atoms with Gasteiger partial charge in [-0.05, 0) is 62.3 Å². The van der Waals surface area contributed by atoms with Crippen LogP contribution in [0.3, 0.4) is 0 Å². The summed E-state index contributed by atoms with van der Waals surface area (Å²) in [6.07, 6.45) is 19.6. The molecule has 1 aromatic carbocycles. The fraction of sp³-hybridized carbons (Fsp3) is 0.414. The molecule has 2 N–H and O–H groups in total. The average molecular weight is 460 g/mol. The van der Waals surface area contributed by atoms with Crippen LogP contribution in [0.2, 0.25) is 0 Å². The highest BCUT2D eigenvalue weighted by atomic mass is 15.1. The Bertz CT molecular complexity index is 978. The number of amidine groups is 1. The van der Waals surface area contributed by atoms with E-state index in [1.54, 1.807) is 18.7 Å². The lowest BCUT2D eigenvalue weighted by atomic mass is 9.90. The summed E-state index contributed by atoms with van der Waals surface area (Å²) in [7, 11) is 0. The highest BCUT2D eigenvalue weighted by molar-refractivity contribution is 5.96. The van der Waals surface area contributed by atoms with Gasteiger partial charge in [0.1, 0.15) is 17.9 Å². The fourth-order valence-corrected chi connectivity index (χ4v) is 3.87. The van der Waals surface area contributed by atoms with E-state index in [2.05, 4.69) is 72.8 Å². The Labute approximate surface area is 206 Å². The predicted molar refractivity (Wildman–Crippen MR) is 146 cm³/mol. The van der Waals surface area contributed by atoms with E-state index in [1.165, 1.54) is 36.8 Å². The molecule has 5 heteroatoms. The monoisotopic (exact) mass is 459 g/mol. The van der Waals surface area contributed by atoms with Crippen LogP contribution in [0.25, 0.3) is 5.69 Å². The van der Waals surface area contributed by atoms with Crippen LogP contribution in [0.15, 0.2) is 60.1 Å². The number of aryl methyl sites for hydroxylation is 1. The third-order valence-corrected chi connectivity index (χ3v) is 5.65. The molecular weight excluding hydrogens is 418 g/mol. The normalized spacial score (nSPS) is 10.8. The average Bonchev–Trinajstić information content (AvgIpc) is 3.27. The second-order valence-corrected chi connectivity index (χ2v) is 7.98. The van der Waals surface area contributed by atoms with E-state index in [-0.39, 0.29) is 0 Å². The van der Waals surface area contributed by atoms with Crippen molar-refractivity contribution in [3.63, 3.8) is 0 Å². The molecule has 3 aromatic rings. The summed E-state index contributed by atoms with van der Waals surface area (Å²) in [5.41, 5.74) is 11.6. The number of nitrogens with zero attached hydrogens (tertiary/aromatic N) is 4. The van der Waals surface area contributed by atoms with E-state index in [4.69, 9.17) is 5.73 Å². The second kappa shape index (κ2) is 16.3. The van der Waals surface area contributed by atoms with Gasteiger partial charge >= 0.3 is 0 Å². The summed E-state index contributed by atoms with van der Waals surface area (Å²) in [6, 6.07) is 13.1. The van der Waals surface area contributed by atoms with Crippen LogP contribution in [0, 0.1) is 19.8 Å². The fourth-order valence-electron chi connectivity index (χ4n) is 3.87. The van der Waals surface area contributed by atoms with Crippen molar-refractivity contribution in [2.45, 2.75) is 72.6 Å². The maximum Gasteiger partial charge on any atom is 0.146 e. The molecule has 0 unspecified atom stereocenters. The van der Waals surface area contributed by atoms with Crippen molar-refractivity contribution in [1.29, 1.82) is 0 Å². The Kier molecular flexibility index (Phi) is 13.7. The van der Waals surface area contributed by atoms with Crippen molar-refractivity contribution in [3.05, 3.63) is 77.6 Å². The van der Waals surface area contributed by atoms with Gasteiger partial charge in [0, 0.05) is 24.6 Å². The quantitative estimate of drug-likeness (QED) is 0.226. The molecule has 0 fully saturated rings. The number of pyridine rings is 1. The molecule has 34 heavy (non-hydrogen) atoms. The molecule has 0 aliphatic carbocycles. The Hall–Kier alpha value is -3.39. The van der Waals surface area contributed by atoms with E-state index in [0.29, 0.717) is 12.4 Å². The zero-order chi connectivity index (χ0) is 25.3. The van der Waals surface area contributed by atoms with E-state index in [1.807, 2.05) is 30.5 Å². The highest BCUT2D eigenvalue weighted by Gasteiger charge is 2.11. The maximum atomic E-state index is 5.86. The zero-order valence-corrected chi connectivity index (χ0v) is 21.5. The van der Waals surface area contributed by atoms with Gasteiger partial charge in [-0.3, -0.25) is 9.98 Å². The van der Waals surface area contributed by atoms with Crippen molar-refractivity contribution in [1.82, 2.24) is 14.5 Å². The zero-order valence-electron chi connectivity index (χ0n) is 21.5. The van der Waals surface area contributed by atoms with Crippen LogP contribution in [-0.4, -0.2) is 26.9 Å². The number of aliphatic imine (C=N–C) groups is 1. The van der Waals surface area contributed by atoms with Crippen LogP contribution in [-0.2, 0) is 6.42 Å². The van der Waals surface area contributed by atoms with Gasteiger partial charge in [-0.1, -0.05) is 57.9 Å². The van der Waals surface area contributed by atoms with Gasteiger partial charge < -0.3 is 10.3 Å². The van der Waals surface area contributed by atoms with Crippen LogP contribution >= 0.6 is 0 Å². The molecule has 0 atom stereocenters. The molecule has 2 heterocycles. The van der Waals surface area contributed by atoms with Gasteiger partial charge in [-0.2, -0.15) is 0 Å². The number of terminal acetylenes is 1. The minimum Gasteiger partial charge on any atom is -0.382 e. The minimum absolute atomic E-state index is 0.484. The molecule has 0 aliphatic heterocycles. The first-order valence-corrected chi connectivity index (χ1v) is 12.2. The predicted octanol–water partition coefficient (Wildman–Crippen LogP) is 6.48. The first-order chi connectivity index (χ1) is 16.5. The van der Waals surface area contributed by atoms with Crippen molar-refractivity contribution in [2.24, 2.45) is 10.7 Å². The summed E-state index contributed by atoms with van der Waals surface area (Å²) in [5, 5.41) is 0. The summed E-state index contributed by atoms with van der Waals surface area (Å²) >= 11 is 0. The van der Waals surface area contributed by atoms with Crippen LogP contribution in [0.4, 0.5) is 0 Å². The number of nitrogens with two attached hydrogens (primary N) is 1. The lowest BCUT2D eigenvalue weighted by Crippen LogP contribution is -2.16. The summed E-state index contributed by atoms with van der Waals surface area (Å²) in [5.74, 6) is 1.27. The molecule has 0 aliphatic rings. The Morgan fingerprint density at radius 3 is 2.06 bits per heavy atom. The van der Waals surface area contributed by atoms with Gasteiger partial charge in [0.05, 0.1) is 5.69 Å². The third-order valence-electron chi connectivity index (χ3n) is 5.65. The molecule has 3 rings (SSSR count). The van der Waals surface area contributed by atoms with Gasteiger partial charge in [-0.25, -0.2) is 4.98 Å². The molecule has 0 saturated heterocycles. The molecule has 0 radical (unpaired) electrons. The van der Waals surface area contributed by atoms with Crippen LogP contribution < -0.4 is 5.73 Å². The van der Waals surface area contributed by atoms with Gasteiger partial charge in [0.15, 0.2) is 0 Å². The van der Waals surface area contributed by atoms with Crippen molar-refractivity contribution < 1.29 is 0 Å². The first-order valence-electron chi connectivity index (χ1n) is 12.2. The molecule has 0 amide bonds. The standard InChI is InChI=1S/C15H24.C12H15N5.C2H2/c1-4-7-14(8-5-2)15-11-9-13(6-3)10-12-15;1-3-15-12(13)11-9(2)17(8-16-11)10-4-6-14-7-5-10;1-2/h9-12,14H,4-8H2,1-3H3;4-8H,3H2,1-2H3,(H2,13,15);1-2H. The van der Waals surface area contributed by atoms with Crippen molar-refractivity contribution in [3.8, 4) is 18.5 Å².